The molecule has 19 heteroatoms. The Morgan fingerprint density at radius 3 is 0.696 bits per heavy atom. The first-order valence-electron chi connectivity index (χ1n) is 42.7. The summed E-state index contributed by atoms with van der Waals surface area (Å²) in [6.07, 6.45) is 59.7. The maximum absolute atomic E-state index is 13.1. The second-order valence-electron chi connectivity index (χ2n) is 31.5. The van der Waals surface area contributed by atoms with Gasteiger partial charge in [0, 0.05) is 25.7 Å². The minimum atomic E-state index is -4.96. The van der Waals surface area contributed by atoms with Gasteiger partial charge in [-0.2, -0.15) is 0 Å². The van der Waals surface area contributed by atoms with Gasteiger partial charge in [0.1, 0.15) is 19.3 Å². The number of ether oxygens (including phenoxy) is 4. The molecule has 0 aliphatic rings. The Labute approximate surface area is 626 Å². The van der Waals surface area contributed by atoms with E-state index in [0.29, 0.717) is 25.7 Å². The zero-order chi connectivity index (χ0) is 75.3. The second kappa shape index (κ2) is 72.0. The minimum Gasteiger partial charge on any atom is -0.462 e. The van der Waals surface area contributed by atoms with Gasteiger partial charge in [0.05, 0.1) is 26.4 Å². The number of esters is 4. The highest BCUT2D eigenvalue weighted by Crippen LogP contribution is 2.45. The smallest absolute Gasteiger partial charge is 0.462 e. The van der Waals surface area contributed by atoms with Gasteiger partial charge in [0.25, 0.3) is 0 Å². The van der Waals surface area contributed by atoms with Crippen molar-refractivity contribution in [3.63, 3.8) is 0 Å². The Kier molecular flexibility index (Phi) is 70.6. The number of hydrogen-bond donors (Lipinski definition) is 3. The van der Waals surface area contributed by atoms with Crippen LogP contribution in [0, 0.1) is 23.7 Å². The van der Waals surface area contributed by atoms with Crippen LogP contribution < -0.4 is 0 Å². The number of rotatable bonds is 80. The highest BCUT2D eigenvalue weighted by atomic mass is 31.2. The van der Waals surface area contributed by atoms with Crippen LogP contribution in [0.4, 0.5) is 0 Å². The van der Waals surface area contributed by atoms with E-state index < -0.39 is 97.5 Å². The average Bonchev–Trinajstić information content (AvgIpc) is 0.948. The molecule has 0 aromatic rings. The van der Waals surface area contributed by atoms with Crippen LogP contribution in [-0.2, 0) is 65.4 Å². The second-order valence-corrected chi connectivity index (χ2v) is 34.4. The molecule has 0 rings (SSSR count). The molecule has 3 unspecified atom stereocenters. The minimum absolute atomic E-state index is 0.106. The van der Waals surface area contributed by atoms with Crippen molar-refractivity contribution < 1.29 is 80.2 Å². The van der Waals surface area contributed by atoms with Gasteiger partial charge in [0.2, 0.25) is 0 Å². The number of carbonyl (C=O) groups excluding carboxylic acids is 4. The summed E-state index contributed by atoms with van der Waals surface area (Å²) in [6.45, 7) is 14.3. The molecule has 0 saturated heterocycles. The van der Waals surface area contributed by atoms with Gasteiger partial charge >= 0.3 is 39.5 Å². The summed E-state index contributed by atoms with van der Waals surface area (Å²) in [7, 11) is -9.93. The lowest BCUT2D eigenvalue weighted by Crippen LogP contribution is -2.30. The van der Waals surface area contributed by atoms with Gasteiger partial charge in [-0.3, -0.25) is 37.3 Å². The average molecular weight is 1490 g/mol. The first kappa shape index (κ1) is 100. The van der Waals surface area contributed by atoms with E-state index in [4.69, 9.17) is 37.0 Å². The van der Waals surface area contributed by atoms with Gasteiger partial charge in [0.15, 0.2) is 12.2 Å². The van der Waals surface area contributed by atoms with Crippen LogP contribution in [0.25, 0.3) is 0 Å². The maximum Gasteiger partial charge on any atom is 0.472 e. The number of aliphatic hydroxyl groups excluding tert-OH is 1. The van der Waals surface area contributed by atoms with Crippen molar-refractivity contribution in [3.05, 3.63) is 0 Å². The molecule has 3 N–H and O–H groups in total. The molecular weight excluding hydrogens is 1330 g/mol. The van der Waals surface area contributed by atoms with Crippen LogP contribution in [0.3, 0.4) is 0 Å². The number of hydrogen-bond acceptors (Lipinski definition) is 15. The molecule has 0 aromatic carbocycles. The molecule has 102 heavy (non-hydrogen) atoms. The molecule has 0 aliphatic carbocycles. The van der Waals surface area contributed by atoms with Crippen molar-refractivity contribution >= 4 is 39.5 Å². The predicted molar refractivity (Wildman–Crippen MR) is 418 cm³/mol. The SMILES string of the molecule is CCC(C)CCCCCCCCC(=O)OC[C@H](COP(=O)(O)OC[C@H](O)COP(=O)(O)OC[C@@H](COC(=O)CCCCCCCCCCCCCCCCCCC(C)C)OC(=O)CCCCCCCCCCCCCCCC(C)C)OC(=O)CCCCCCCCCCCCCCCCC(C)C. The summed E-state index contributed by atoms with van der Waals surface area (Å²) in [5, 5.41) is 10.7. The third-order valence-corrected chi connectivity index (χ3v) is 21.6. The molecule has 6 atom stereocenters. The molecule has 0 bridgehead atoms. The van der Waals surface area contributed by atoms with Crippen molar-refractivity contribution in [3.8, 4) is 0 Å². The standard InChI is InChI=1S/C83H162O17P2/c1-9-76(8)62-54-46-41-42-48-56-64-81(86)94-70-79(100-83(88)65-57-49-39-33-27-21-15-14-18-24-30-36-44-52-60-74(4)5)72-98-102(91,92)96-68-77(84)67-95-101(89,90)97-71-78(99-82(87)66-58-50-40-34-28-22-16-19-25-31-37-45-53-61-75(6)7)69-93-80(85)63-55-47-38-32-26-20-13-11-10-12-17-23-29-35-43-51-59-73(2)3/h73-79,84H,9-72H2,1-8H3,(H,89,90)(H,91,92)/t76?,77-,78-,79-/m1/s1. The molecule has 0 aliphatic heterocycles. The fourth-order valence-electron chi connectivity index (χ4n) is 12.8. The molecular formula is C83H162O17P2. The first-order valence-corrected chi connectivity index (χ1v) is 45.7. The van der Waals surface area contributed by atoms with E-state index in [1.165, 1.54) is 225 Å². The van der Waals surface area contributed by atoms with E-state index >= 15 is 0 Å². The predicted octanol–water partition coefficient (Wildman–Crippen LogP) is 24.8. The fourth-order valence-corrected chi connectivity index (χ4v) is 14.3. The number of phosphoric ester groups is 2. The van der Waals surface area contributed by atoms with Crippen molar-refractivity contribution in [2.45, 2.75) is 446 Å². The zero-order valence-electron chi connectivity index (χ0n) is 67.2. The molecule has 0 spiro atoms. The molecule has 0 fully saturated rings. The lowest BCUT2D eigenvalue weighted by atomic mass is 10.00. The first-order chi connectivity index (χ1) is 49.1. The number of phosphoric acid groups is 2. The summed E-state index contributed by atoms with van der Waals surface area (Å²) in [5.41, 5.74) is 0. The van der Waals surface area contributed by atoms with E-state index in [-0.39, 0.29) is 25.7 Å². The van der Waals surface area contributed by atoms with Crippen LogP contribution in [0.1, 0.15) is 428 Å². The van der Waals surface area contributed by atoms with Crippen LogP contribution in [-0.4, -0.2) is 96.7 Å². The van der Waals surface area contributed by atoms with Gasteiger partial charge < -0.3 is 33.8 Å². The van der Waals surface area contributed by atoms with E-state index in [1.807, 2.05) is 0 Å². The monoisotopic (exact) mass is 1490 g/mol. The van der Waals surface area contributed by atoms with Crippen molar-refractivity contribution in [2.24, 2.45) is 23.7 Å². The molecule has 0 radical (unpaired) electrons. The van der Waals surface area contributed by atoms with Crippen molar-refractivity contribution in [1.82, 2.24) is 0 Å². The fraction of sp³-hybridized carbons (Fsp3) is 0.952. The topological polar surface area (TPSA) is 237 Å². The number of unbranched alkanes of at least 4 members (excludes halogenated alkanes) is 45. The molecule has 606 valence electrons. The molecule has 0 saturated carbocycles. The van der Waals surface area contributed by atoms with E-state index in [9.17, 15) is 43.2 Å². The number of aliphatic hydroxyl groups is 1. The van der Waals surface area contributed by atoms with Gasteiger partial charge in [-0.1, -0.05) is 376 Å². The lowest BCUT2D eigenvalue weighted by molar-refractivity contribution is -0.161. The van der Waals surface area contributed by atoms with Gasteiger partial charge in [-0.05, 0) is 49.4 Å². The maximum atomic E-state index is 13.1. The summed E-state index contributed by atoms with van der Waals surface area (Å²) in [4.78, 5) is 73.1. The third kappa shape index (κ3) is 74.9. The van der Waals surface area contributed by atoms with Crippen LogP contribution in [0.5, 0.6) is 0 Å². The highest BCUT2D eigenvalue weighted by Gasteiger charge is 2.30. The summed E-state index contributed by atoms with van der Waals surface area (Å²) in [6, 6.07) is 0. The largest absolute Gasteiger partial charge is 0.472 e. The molecule has 17 nitrogen and oxygen atoms in total. The Morgan fingerprint density at radius 2 is 0.471 bits per heavy atom. The van der Waals surface area contributed by atoms with Crippen LogP contribution >= 0.6 is 15.6 Å². The molecule has 0 aromatic heterocycles. The Bertz CT molecular complexity index is 1990. The highest BCUT2D eigenvalue weighted by molar-refractivity contribution is 7.47. The van der Waals surface area contributed by atoms with Crippen molar-refractivity contribution in [1.29, 1.82) is 0 Å². The Balaban J connectivity index is 5.24. The Morgan fingerprint density at radius 1 is 0.275 bits per heavy atom. The summed E-state index contributed by atoms with van der Waals surface area (Å²) >= 11 is 0. The lowest BCUT2D eigenvalue weighted by Gasteiger charge is -2.21. The van der Waals surface area contributed by atoms with Gasteiger partial charge in [-0.25, -0.2) is 9.13 Å². The molecule has 0 heterocycles. The zero-order valence-corrected chi connectivity index (χ0v) is 69.0. The van der Waals surface area contributed by atoms with Crippen LogP contribution in [0.15, 0.2) is 0 Å². The van der Waals surface area contributed by atoms with E-state index in [2.05, 4.69) is 55.4 Å². The molecule has 0 amide bonds. The van der Waals surface area contributed by atoms with E-state index in [0.717, 1.165) is 120 Å². The third-order valence-electron chi connectivity index (χ3n) is 19.7. The van der Waals surface area contributed by atoms with E-state index in [1.54, 1.807) is 0 Å². The van der Waals surface area contributed by atoms with Crippen molar-refractivity contribution in [2.75, 3.05) is 39.6 Å². The normalized spacial score (nSPS) is 14.3. The van der Waals surface area contributed by atoms with Crippen LogP contribution in [0.2, 0.25) is 0 Å². The quantitative estimate of drug-likeness (QED) is 0.0222. The summed E-state index contributed by atoms with van der Waals surface area (Å²) in [5.74, 6) is 1.01. The number of carbonyl (C=O) groups is 4. The summed E-state index contributed by atoms with van der Waals surface area (Å²) < 4.78 is 68.8. The van der Waals surface area contributed by atoms with Gasteiger partial charge in [-0.15, -0.1) is 0 Å². The Hall–Kier alpha value is -1.94.